The lowest BCUT2D eigenvalue weighted by Crippen LogP contribution is -1.93. The Morgan fingerprint density at radius 2 is 1.95 bits per heavy atom. The third-order valence-corrected chi connectivity index (χ3v) is 3.34. The second-order valence-corrected chi connectivity index (χ2v) is 4.72. The van der Waals surface area contributed by atoms with Gasteiger partial charge in [0.05, 0.1) is 7.11 Å². The molecule has 0 aliphatic heterocycles. The first-order valence-electron chi connectivity index (χ1n) is 6.47. The molecular formula is C15H15N5O. The van der Waals surface area contributed by atoms with E-state index >= 15 is 0 Å². The van der Waals surface area contributed by atoms with Gasteiger partial charge >= 0.3 is 0 Å². The lowest BCUT2D eigenvalue weighted by Gasteiger charge is -2.11. The van der Waals surface area contributed by atoms with E-state index in [2.05, 4.69) is 26.7 Å². The van der Waals surface area contributed by atoms with Crippen LogP contribution in [-0.2, 0) is 0 Å². The van der Waals surface area contributed by atoms with Gasteiger partial charge in [-0.1, -0.05) is 12.1 Å². The van der Waals surface area contributed by atoms with Gasteiger partial charge in [-0.25, -0.2) is 0 Å². The maximum atomic E-state index is 5.88. The number of anilines is 1. The Hall–Kier alpha value is -2.89. The van der Waals surface area contributed by atoms with Crippen LogP contribution < -0.4 is 10.5 Å². The maximum absolute atomic E-state index is 5.88. The number of nitrogens with two attached hydrogens (primary N) is 1. The van der Waals surface area contributed by atoms with Crippen LogP contribution in [0.5, 0.6) is 5.75 Å². The van der Waals surface area contributed by atoms with Gasteiger partial charge in [0.15, 0.2) is 0 Å². The van der Waals surface area contributed by atoms with E-state index in [1.54, 1.807) is 7.11 Å². The molecule has 0 aliphatic rings. The molecule has 0 fully saturated rings. The topological polar surface area (TPSA) is 89.7 Å². The number of aromatic amines is 1. The first-order chi connectivity index (χ1) is 10.2. The van der Waals surface area contributed by atoms with Gasteiger partial charge in [0.25, 0.3) is 0 Å². The summed E-state index contributed by atoms with van der Waals surface area (Å²) in [4.78, 5) is 0. The second kappa shape index (κ2) is 5.24. The van der Waals surface area contributed by atoms with Crippen molar-refractivity contribution in [2.24, 2.45) is 0 Å². The molecule has 0 radical (unpaired) electrons. The summed E-state index contributed by atoms with van der Waals surface area (Å²) in [5, 5.41) is 14.2. The number of nitrogens with zero attached hydrogens (tertiary/aromatic N) is 3. The van der Waals surface area contributed by atoms with Crippen LogP contribution >= 0.6 is 0 Å². The van der Waals surface area contributed by atoms with E-state index < -0.39 is 0 Å². The lowest BCUT2D eigenvalue weighted by atomic mass is 9.97. The van der Waals surface area contributed by atoms with Crippen LogP contribution in [0, 0.1) is 6.92 Å². The van der Waals surface area contributed by atoms with Gasteiger partial charge in [-0.15, -0.1) is 10.2 Å². The molecule has 3 rings (SSSR count). The van der Waals surface area contributed by atoms with Crippen molar-refractivity contribution in [3.05, 3.63) is 42.0 Å². The number of nitrogen functional groups attached to an aromatic ring is 1. The average Bonchev–Trinajstić information content (AvgIpc) is 3.01. The predicted octanol–water partition coefficient (Wildman–Crippen LogP) is 2.43. The van der Waals surface area contributed by atoms with Crippen LogP contribution in [0.4, 0.5) is 5.69 Å². The van der Waals surface area contributed by atoms with E-state index in [0.717, 1.165) is 28.0 Å². The number of nitrogens with one attached hydrogen (secondary N) is 1. The summed E-state index contributed by atoms with van der Waals surface area (Å²) in [5.74, 6) is 1.38. The largest absolute Gasteiger partial charge is 0.496 e. The summed E-state index contributed by atoms with van der Waals surface area (Å²) in [6.45, 7) is 2.01. The van der Waals surface area contributed by atoms with Gasteiger partial charge in [-0.3, -0.25) is 0 Å². The SMILES string of the molecule is COc1ccc(-c2ccc(N)cc2-c2nn[nH]n2)cc1C. The fourth-order valence-corrected chi connectivity index (χ4v) is 2.32. The van der Waals surface area contributed by atoms with Crippen LogP contribution in [0.3, 0.4) is 0 Å². The highest BCUT2D eigenvalue weighted by molar-refractivity contribution is 5.83. The minimum atomic E-state index is 0.519. The molecule has 106 valence electrons. The molecular weight excluding hydrogens is 266 g/mol. The molecule has 0 amide bonds. The molecule has 0 saturated carbocycles. The third-order valence-electron chi connectivity index (χ3n) is 3.34. The molecule has 0 saturated heterocycles. The molecule has 1 heterocycles. The first-order valence-corrected chi connectivity index (χ1v) is 6.47. The van der Waals surface area contributed by atoms with Crippen molar-refractivity contribution in [2.75, 3.05) is 12.8 Å². The van der Waals surface area contributed by atoms with Crippen molar-refractivity contribution in [3.63, 3.8) is 0 Å². The van der Waals surface area contributed by atoms with E-state index in [1.165, 1.54) is 0 Å². The highest BCUT2D eigenvalue weighted by Crippen LogP contribution is 2.33. The molecule has 6 nitrogen and oxygen atoms in total. The number of aryl methyl sites for hydroxylation is 1. The van der Waals surface area contributed by atoms with E-state index in [0.29, 0.717) is 11.5 Å². The van der Waals surface area contributed by atoms with Gasteiger partial charge in [0.2, 0.25) is 5.82 Å². The minimum absolute atomic E-state index is 0.519. The summed E-state index contributed by atoms with van der Waals surface area (Å²) in [7, 11) is 1.66. The average molecular weight is 281 g/mol. The normalized spacial score (nSPS) is 10.6. The van der Waals surface area contributed by atoms with Crippen molar-refractivity contribution in [2.45, 2.75) is 6.92 Å². The van der Waals surface area contributed by atoms with Crippen LogP contribution in [0.15, 0.2) is 36.4 Å². The zero-order chi connectivity index (χ0) is 14.8. The predicted molar refractivity (Wildman–Crippen MR) is 80.8 cm³/mol. The summed E-state index contributed by atoms with van der Waals surface area (Å²) in [6.07, 6.45) is 0. The zero-order valence-electron chi connectivity index (χ0n) is 11.8. The van der Waals surface area contributed by atoms with Crippen molar-refractivity contribution >= 4 is 5.69 Å². The highest BCUT2D eigenvalue weighted by atomic mass is 16.5. The van der Waals surface area contributed by atoms with Gasteiger partial charge in [0, 0.05) is 11.3 Å². The Morgan fingerprint density at radius 3 is 2.62 bits per heavy atom. The van der Waals surface area contributed by atoms with E-state index in [-0.39, 0.29) is 0 Å². The van der Waals surface area contributed by atoms with Crippen LogP contribution in [0.25, 0.3) is 22.5 Å². The van der Waals surface area contributed by atoms with Crippen LogP contribution in [0.2, 0.25) is 0 Å². The van der Waals surface area contributed by atoms with Crippen LogP contribution in [-0.4, -0.2) is 27.7 Å². The molecule has 21 heavy (non-hydrogen) atoms. The summed E-state index contributed by atoms with van der Waals surface area (Å²) < 4.78 is 5.30. The summed E-state index contributed by atoms with van der Waals surface area (Å²) in [5.41, 5.74) is 10.5. The number of rotatable bonds is 3. The Morgan fingerprint density at radius 1 is 1.10 bits per heavy atom. The molecule has 0 aliphatic carbocycles. The summed E-state index contributed by atoms with van der Waals surface area (Å²) in [6, 6.07) is 11.7. The van der Waals surface area contributed by atoms with Crippen molar-refractivity contribution < 1.29 is 4.74 Å². The molecule has 2 aromatic carbocycles. The first kappa shape index (κ1) is 13.1. The van der Waals surface area contributed by atoms with Crippen molar-refractivity contribution in [1.29, 1.82) is 0 Å². The number of hydrogen-bond donors (Lipinski definition) is 2. The van der Waals surface area contributed by atoms with E-state index in [4.69, 9.17) is 10.5 Å². The fraction of sp³-hybridized carbons (Fsp3) is 0.133. The Kier molecular flexibility index (Phi) is 3.27. The molecule has 0 unspecified atom stereocenters. The Balaban J connectivity index is 2.16. The molecule has 6 heteroatoms. The minimum Gasteiger partial charge on any atom is -0.496 e. The molecule has 0 atom stereocenters. The lowest BCUT2D eigenvalue weighted by molar-refractivity contribution is 0.412. The second-order valence-electron chi connectivity index (χ2n) is 4.72. The standard InChI is InChI=1S/C15H15N5O/c1-9-7-10(3-6-14(9)21-2)12-5-4-11(16)8-13(12)15-17-19-20-18-15/h3-8H,16H2,1-2H3,(H,17,18,19,20). The van der Waals surface area contributed by atoms with Gasteiger partial charge in [-0.05, 0) is 53.1 Å². The van der Waals surface area contributed by atoms with Crippen molar-refractivity contribution in [3.8, 4) is 28.3 Å². The Labute approximate surface area is 122 Å². The molecule has 0 spiro atoms. The number of hydrogen-bond acceptors (Lipinski definition) is 5. The maximum Gasteiger partial charge on any atom is 0.205 e. The zero-order valence-corrected chi connectivity index (χ0v) is 11.8. The number of aromatic nitrogens is 4. The monoisotopic (exact) mass is 281 g/mol. The Bertz CT molecular complexity index is 768. The number of benzene rings is 2. The number of H-pyrrole nitrogens is 1. The smallest absolute Gasteiger partial charge is 0.205 e. The molecule has 1 aromatic heterocycles. The fourth-order valence-electron chi connectivity index (χ4n) is 2.32. The molecule has 3 N–H and O–H groups in total. The summed E-state index contributed by atoms with van der Waals surface area (Å²) >= 11 is 0. The van der Waals surface area contributed by atoms with Gasteiger partial charge in [-0.2, -0.15) is 5.21 Å². The van der Waals surface area contributed by atoms with Gasteiger partial charge < -0.3 is 10.5 Å². The van der Waals surface area contributed by atoms with E-state index in [9.17, 15) is 0 Å². The van der Waals surface area contributed by atoms with Crippen LogP contribution in [0.1, 0.15) is 5.56 Å². The number of methoxy groups -OCH3 is 1. The molecule has 0 bridgehead atoms. The molecule has 3 aromatic rings. The van der Waals surface area contributed by atoms with Crippen molar-refractivity contribution in [1.82, 2.24) is 20.6 Å². The van der Waals surface area contributed by atoms with Gasteiger partial charge in [0.1, 0.15) is 5.75 Å². The van der Waals surface area contributed by atoms with E-state index in [1.807, 2.05) is 37.3 Å². The highest BCUT2D eigenvalue weighted by Gasteiger charge is 2.12. The number of ether oxygens (including phenoxy) is 1. The number of tetrazole rings is 1. The third kappa shape index (κ3) is 2.43. The quantitative estimate of drug-likeness (QED) is 0.720.